The monoisotopic (exact) mass is 364 g/mol. The topological polar surface area (TPSA) is 0 Å². The zero-order chi connectivity index (χ0) is 15.6. The van der Waals surface area contributed by atoms with Crippen molar-refractivity contribution < 1.29 is 0 Å². The van der Waals surface area contributed by atoms with E-state index in [9.17, 15) is 0 Å². The summed E-state index contributed by atoms with van der Waals surface area (Å²) in [6.07, 6.45) is 2.70. The third kappa shape index (κ3) is 1.88. The van der Waals surface area contributed by atoms with E-state index >= 15 is 0 Å². The molecule has 0 unspecified atom stereocenters. The van der Waals surface area contributed by atoms with Gasteiger partial charge >= 0.3 is 143 Å². The minimum atomic E-state index is -1.85. The number of fused-ring (bicyclic) bond motifs is 5. The number of rotatable bonds is 2. The van der Waals surface area contributed by atoms with E-state index in [1.165, 1.54) is 23.5 Å². The predicted molar refractivity (Wildman–Crippen MR) is 108 cm³/mol. The van der Waals surface area contributed by atoms with Gasteiger partial charge in [0.1, 0.15) is 0 Å². The van der Waals surface area contributed by atoms with Crippen LogP contribution in [0.5, 0.6) is 0 Å². The molecule has 0 aromatic heterocycles. The summed E-state index contributed by atoms with van der Waals surface area (Å²) in [6.45, 7) is 9.39. The molecule has 4 heteroatoms. The fourth-order valence-corrected chi connectivity index (χ4v) is 30.3. The maximum atomic E-state index is 2.49. The summed E-state index contributed by atoms with van der Waals surface area (Å²) in [7, 11) is -0.169. The van der Waals surface area contributed by atoms with Crippen molar-refractivity contribution in [2.45, 2.75) is 37.5 Å². The molecule has 0 bridgehead atoms. The van der Waals surface area contributed by atoms with E-state index in [0.717, 1.165) is 0 Å². The molecule has 0 amide bonds. The average Bonchev–Trinajstić information content (AvgIpc) is 2.95. The van der Waals surface area contributed by atoms with Crippen LogP contribution in [-0.4, -0.2) is 12.3 Å². The van der Waals surface area contributed by atoms with Gasteiger partial charge in [-0.05, 0) is 0 Å². The van der Waals surface area contributed by atoms with Gasteiger partial charge in [0.15, 0.2) is 0 Å². The minimum absolute atomic E-state index is 0.169. The summed E-state index contributed by atoms with van der Waals surface area (Å²) in [5, 5.41) is 3.36. The van der Waals surface area contributed by atoms with E-state index in [2.05, 4.69) is 86.9 Å². The van der Waals surface area contributed by atoms with E-state index in [1.807, 2.05) is 0 Å². The fraction of sp³-hybridized carbons (Fsp3) is 0.333. The Balaban J connectivity index is 2.04. The summed E-state index contributed by atoms with van der Waals surface area (Å²) in [6, 6.07) is 14.4. The molecule has 0 atom stereocenters. The van der Waals surface area contributed by atoms with Crippen molar-refractivity contribution in [3.63, 3.8) is 0 Å². The Hall–Kier alpha value is -0.0000000000000000555. The second kappa shape index (κ2) is 5.00. The Morgan fingerprint density at radius 1 is 0.818 bits per heavy atom. The molecule has 4 rings (SSSR count). The van der Waals surface area contributed by atoms with Crippen molar-refractivity contribution in [2.24, 2.45) is 0 Å². The third-order valence-electron chi connectivity index (χ3n) is 4.99. The van der Waals surface area contributed by atoms with E-state index in [-0.39, 0.29) is 7.61 Å². The zero-order valence-electron chi connectivity index (χ0n) is 13.6. The summed E-state index contributed by atoms with van der Waals surface area (Å²) >= 11 is 4.59. The summed E-state index contributed by atoms with van der Waals surface area (Å²) in [5.41, 5.74) is 2.83. The van der Waals surface area contributed by atoms with Gasteiger partial charge in [0.2, 0.25) is 0 Å². The van der Waals surface area contributed by atoms with Gasteiger partial charge in [-0.1, -0.05) is 0 Å². The van der Waals surface area contributed by atoms with Gasteiger partial charge in [-0.2, -0.15) is 0 Å². The van der Waals surface area contributed by atoms with Gasteiger partial charge in [0.05, 0.1) is 0 Å². The van der Waals surface area contributed by atoms with Crippen molar-refractivity contribution in [3.8, 4) is 0 Å². The number of aryl methyl sites for hydroxylation is 2. The molecule has 116 valence electrons. The molecule has 2 aromatic carbocycles. The molecule has 0 saturated heterocycles. The molecule has 0 fully saturated rings. The van der Waals surface area contributed by atoms with Crippen LogP contribution in [0.3, 0.4) is 0 Å². The quantitative estimate of drug-likeness (QED) is 0.575. The molecule has 2 aliphatic heterocycles. The molecule has 2 heterocycles. The Morgan fingerprint density at radius 2 is 1.27 bits per heavy atom. The van der Waals surface area contributed by atoms with E-state index in [0.29, 0.717) is 0 Å². The Kier molecular flexibility index (Phi) is 3.53. The van der Waals surface area contributed by atoms with Crippen LogP contribution in [0, 0.1) is 13.8 Å². The van der Waals surface area contributed by atoms with Crippen LogP contribution in [-0.2, 0) is 0 Å². The van der Waals surface area contributed by atoms with Gasteiger partial charge < -0.3 is 0 Å². The third-order valence-corrected chi connectivity index (χ3v) is 30.4. The molecule has 0 spiro atoms. The molecule has 0 saturated carbocycles. The van der Waals surface area contributed by atoms with Gasteiger partial charge in [0.25, 0.3) is 0 Å². The van der Waals surface area contributed by atoms with Crippen LogP contribution in [0.4, 0.5) is 0 Å². The van der Waals surface area contributed by atoms with Crippen LogP contribution in [0.15, 0.2) is 46.2 Å². The van der Waals surface area contributed by atoms with Gasteiger partial charge in [-0.25, -0.2) is 0 Å². The van der Waals surface area contributed by atoms with E-state index in [4.69, 9.17) is 0 Å². The molecular formula is C18H22P2S2. The molecule has 0 aliphatic carbocycles. The first kappa shape index (κ1) is 15.5. The molecule has 2 aromatic rings. The standard InChI is InChI=1S/C18H22P2S2/c1-5-20(6-2)19(15-11-13(3)7-9-17(15)21-20)16-12-14(4)8-10-18(16)22-20/h7-12H,5-6H2,1-4H3. The molecule has 2 aliphatic rings. The second-order valence-electron chi connectivity index (χ2n) is 6.33. The van der Waals surface area contributed by atoms with Gasteiger partial charge in [-0.3, -0.25) is 0 Å². The van der Waals surface area contributed by atoms with E-state index in [1.54, 1.807) is 20.4 Å². The summed E-state index contributed by atoms with van der Waals surface area (Å²) in [4.78, 5) is 3.16. The molecular weight excluding hydrogens is 342 g/mol. The number of hydrogen-bond donors (Lipinski definition) is 0. The summed E-state index contributed by atoms with van der Waals surface area (Å²) in [5.74, 6) is 0. The first-order valence-corrected chi connectivity index (χ1v) is 15.4. The summed E-state index contributed by atoms with van der Waals surface area (Å²) < 4.78 is -1.85. The van der Waals surface area contributed by atoms with Crippen molar-refractivity contribution >= 4 is 45.7 Å². The maximum absolute atomic E-state index is 2.49. The van der Waals surface area contributed by atoms with Crippen LogP contribution >= 0.6 is 35.1 Å². The number of hydrogen-bond acceptors (Lipinski definition) is 2. The van der Waals surface area contributed by atoms with Crippen molar-refractivity contribution in [3.05, 3.63) is 47.5 Å². The molecule has 0 radical (unpaired) electrons. The Labute approximate surface area is 142 Å². The van der Waals surface area contributed by atoms with Gasteiger partial charge in [-0.15, -0.1) is 0 Å². The first-order chi connectivity index (χ1) is 10.5. The van der Waals surface area contributed by atoms with E-state index < -0.39 is 4.70 Å². The first-order valence-electron chi connectivity index (χ1n) is 7.94. The Bertz CT molecular complexity index is 721. The zero-order valence-corrected chi connectivity index (χ0v) is 17.0. The predicted octanol–water partition coefficient (Wildman–Crippen LogP) is 6.29. The van der Waals surface area contributed by atoms with Crippen LogP contribution < -0.4 is 10.6 Å². The molecule has 22 heavy (non-hydrogen) atoms. The molecule has 0 nitrogen and oxygen atoms in total. The second-order valence-corrected chi connectivity index (χ2v) is 25.7. The fourth-order valence-electron chi connectivity index (χ4n) is 3.66. The van der Waals surface area contributed by atoms with Crippen LogP contribution in [0.1, 0.15) is 25.0 Å². The van der Waals surface area contributed by atoms with Crippen molar-refractivity contribution in [1.29, 1.82) is 0 Å². The SMILES string of the molecule is CCP12(CC)Sc3ccc(C)cc3P1c1cc(C)ccc1S2. The molecule has 0 N–H and O–H groups in total. The van der Waals surface area contributed by atoms with Crippen molar-refractivity contribution in [1.82, 2.24) is 0 Å². The van der Waals surface area contributed by atoms with Gasteiger partial charge in [0, 0.05) is 0 Å². The Morgan fingerprint density at radius 3 is 1.68 bits per heavy atom. The normalized spacial score (nSPS) is 24.9. The average molecular weight is 364 g/mol. The van der Waals surface area contributed by atoms with Crippen LogP contribution in [0.2, 0.25) is 0 Å². The van der Waals surface area contributed by atoms with Crippen LogP contribution in [0.25, 0.3) is 0 Å². The number of benzene rings is 2. The van der Waals surface area contributed by atoms with Crippen molar-refractivity contribution in [2.75, 3.05) is 12.3 Å².